The Morgan fingerprint density at radius 3 is 2.17 bits per heavy atom. The van der Waals surface area contributed by atoms with Crippen molar-refractivity contribution in [2.75, 3.05) is 26.0 Å². The van der Waals surface area contributed by atoms with Gasteiger partial charge in [-0.2, -0.15) is 0 Å². The molecule has 12 heteroatoms. The maximum atomic E-state index is 12.1. The number of carboxylic acids is 1. The van der Waals surface area contributed by atoms with Crippen molar-refractivity contribution in [3.8, 4) is 0 Å². The monoisotopic (exact) mass is 411 g/mol. The molecule has 1 aromatic rings. The van der Waals surface area contributed by atoms with Crippen molar-refractivity contribution < 1.29 is 24.5 Å². The van der Waals surface area contributed by atoms with Gasteiger partial charge in [0.1, 0.15) is 11.7 Å². The van der Waals surface area contributed by atoms with Crippen LogP contribution in [0.2, 0.25) is 0 Å². The summed E-state index contributed by atoms with van der Waals surface area (Å²) in [5, 5.41) is 36.7. The lowest BCUT2D eigenvalue weighted by molar-refractivity contribution is -0.394. The smallest absolute Gasteiger partial charge is 0.326 e. The van der Waals surface area contributed by atoms with E-state index >= 15 is 0 Å². The van der Waals surface area contributed by atoms with Gasteiger partial charge in [-0.25, -0.2) is 4.79 Å². The number of hydrogen-bond donors (Lipinski definition) is 3. The second-order valence-corrected chi connectivity index (χ2v) is 7.19. The Hall–Kier alpha value is -3.28. The molecule has 0 radical (unpaired) electrons. The Morgan fingerprint density at radius 1 is 1.14 bits per heavy atom. The van der Waals surface area contributed by atoms with Crippen LogP contribution in [-0.2, 0) is 16.1 Å². The van der Waals surface area contributed by atoms with Crippen LogP contribution in [0.5, 0.6) is 0 Å². The number of carboxylic acid groups (broad SMARTS) is 1. The van der Waals surface area contributed by atoms with Gasteiger partial charge < -0.3 is 20.6 Å². The number of anilines is 1. The number of carbonyl (C=O) groups excluding carboxylic acids is 1. The van der Waals surface area contributed by atoms with Crippen LogP contribution < -0.4 is 10.6 Å². The second-order valence-electron chi connectivity index (χ2n) is 7.19. The molecule has 1 rings (SSSR count). The number of carbonyl (C=O) groups is 2. The second kappa shape index (κ2) is 10.3. The fraction of sp³-hybridized carbons (Fsp3) is 0.529. The van der Waals surface area contributed by atoms with Crippen molar-refractivity contribution in [2.24, 2.45) is 5.92 Å². The Kier molecular flexibility index (Phi) is 8.45. The number of nitrogens with zero attached hydrogens (tertiary/aromatic N) is 3. The van der Waals surface area contributed by atoms with Gasteiger partial charge in [0, 0.05) is 12.1 Å². The molecule has 0 aliphatic carbocycles. The van der Waals surface area contributed by atoms with Crippen LogP contribution in [0.15, 0.2) is 12.1 Å². The van der Waals surface area contributed by atoms with Gasteiger partial charge in [-0.15, -0.1) is 0 Å². The van der Waals surface area contributed by atoms with E-state index in [-0.39, 0.29) is 30.1 Å². The minimum atomic E-state index is -1.18. The van der Waals surface area contributed by atoms with Gasteiger partial charge in [0.15, 0.2) is 0 Å². The quantitative estimate of drug-likeness (QED) is 0.361. The molecule has 0 saturated carbocycles. The van der Waals surface area contributed by atoms with Gasteiger partial charge in [0.2, 0.25) is 5.91 Å². The van der Waals surface area contributed by atoms with E-state index in [4.69, 9.17) is 0 Å². The molecule has 0 aromatic heterocycles. The Bertz CT molecular complexity index is 795. The molecule has 0 unspecified atom stereocenters. The molecule has 1 aromatic carbocycles. The number of benzene rings is 1. The van der Waals surface area contributed by atoms with Crippen LogP contribution in [0.1, 0.15) is 25.8 Å². The molecule has 0 aliphatic rings. The van der Waals surface area contributed by atoms with Gasteiger partial charge in [0.25, 0.3) is 11.4 Å². The third-order valence-electron chi connectivity index (χ3n) is 3.86. The summed E-state index contributed by atoms with van der Waals surface area (Å²) in [6.45, 7) is 3.35. The zero-order chi connectivity index (χ0) is 22.3. The minimum absolute atomic E-state index is 0.0358. The van der Waals surface area contributed by atoms with Crippen LogP contribution in [-0.4, -0.2) is 58.4 Å². The van der Waals surface area contributed by atoms with E-state index in [0.717, 1.165) is 6.07 Å². The molecular weight excluding hydrogens is 386 g/mol. The molecule has 1 amide bonds. The van der Waals surface area contributed by atoms with Crippen LogP contribution in [0.3, 0.4) is 0 Å². The standard InChI is InChI=1S/C17H25N5O7/c1-10(2)5-13(17(24)25)19-16(23)8-18-12-6-11(9-20(3)4)14(21(26)27)7-15(12)22(28)29/h6-7,10,13,18H,5,8-9H2,1-4H3,(H,19,23)(H,24,25)/t13-/m0/s1. The molecule has 0 saturated heterocycles. The molecule has 0 fully saturated rings. The van der Waals surface area contributed by atoms with Crippen molar-refractivity contribution in [3.05, 3.63) is 37.9 Å². The number of aliphatic carboxylic acids is 1. The summed E-state index contributed by atoms with van der Waals surface area (Å²) in [4.78, 5) is 46.1. The van der Waals surface area contributed by atoms with Crippen molar-refractivity contribution in [2.45, 2.75) is 32.9 Å². The third kappa shape index (κ3) is 7.33. The summed E-state index contributed by atoms with van der Waals surface area (Å²) in [5.74, 6) is -1.81. The molecule has 0 bridgehead atoms. The number of nitro benzene ring substituents is 2. The average molecular weight is 411 g/mol. The van der Waals surface area contributed by atoms with Crippen molar-refractivity contribution in [3.63, 3.8) is 0 Å². The molecule has 29 heavy (non-hydrogen) atoms. The normalized spacial score (nSPS) is 11.9. The summed E-state index contributed by atoms with van der Waals surface area (Å²) in [6.07, 6.45) is 0.228. The first-order valence-corrected chi connectivity index (χ1v) is 8.78. The predicted molar refractivity (Wildman–Crippen MR) is 105 cm³/mol. The number of nitrogens with one attached hydrogen (secondary N) is 2. The fourth-order valence-corrected chi connectivity index (χ4v) is 2.67. The number of hydrogen-bond acceptors (Lipinski definition) is 8. The Morgan fingerprint density at radius 2 is 1.72 bits per heavy atom. The van der Waals surface area contributed by atoms with Crippen molar-refractivity contribution >= 4 is 28.9 Å². The Balaban J connectivity index is 3.07. The largest absolute Gasteiger partial charge is 0.480 e. The van der Waals surface area contributed by atoms with E-state index in [1.807, 2.05) is 13.8 Å². The highest BCUT2D eigenvalue weighted by Gasteiger charge is 2.26. The molecule has 0 spiro atoms. The lowest BCUT2D eigenvalue weighted by Crippen LogP contribution is -2.44. The number of amides is 1. The predicted octanol–water partition coefficient (Wildman–Crippen LogP) is 1.59. The van der Waals surface area contributed by atoms with Gasteiger partial charge >= 0.3 is 5.97 Å². The summed E-state index contributed by atoms with van der Waals surface area (Å²) >= 11 is 0. The zero-order valence-electron chi connectivity index (χ0n) is 16.7. The maximum absolute atomic E-state index is 12.1. The third-order valence-corrected chi connectivity index (χ3v) is 3.86. The highest BCUT2D eigenvalue weighted by Crippen LogP contribution is 2.33. The lowest BCUT2D eigenvalue weighted by atomic mass is 10.0. The van der Waals surface area contributed by atoms with Crippen LogP contribution in [0.4, 0.5) is 17.1 Å². The van der Waals surface area contributed by atoms with Gasteiger partial charge in [-0.3, -0.25) is 25.0 Å². The molecule has 1 atom stereocenters. The first-order valence-electron chi connectivity index (χ1n) is 8.78. The van der Waals surface area contributed by atoms with E-state index in [9.17, 15) is 34.9 Å². The summed E-state index contributed by atoms with van der Waals surface area (Å²) in [6, 6.07) is 1.02. The number of nitro groups is 2. The van der Waals surface area contributed by atoms with Gasteiger partial charge in [-0.1, -0.05) is 13.8 Å². The van der Waals surface area contributed by atoms with E-state index in [2.05, 4.69) is 10.6 Å². The number of rotatable bonds is 11. The van der Waals surface area contributed by atoms with Crippen LogP contribution in [0, 0.1) is 26.1 Å². The fourth-order valence-electron chi connectivity index (χ4n) is 2.67. The van der Waals surface area contributed by atoms with Crippen molar-refractivity contribution in [1.29, 1.82) is 0 Å². The van der Waals surface area contributed by atoms with Gasteiger partial charge in [-0.05, 0) is 32.5 Å². The highest BCUT2D eigenvalue weighted by atomic mass is 16.6. The summed E-state index contributed by atoms with van der Waals surface area (Å²) < 4.78 is 0. The first kappa shape index (κ1) is 23.8. The molecule has 160 valence electrons. The summed E-state index contributed by atoms with van der Waals surface area (Å²) in [5.41, 5.74) is -0.785. The van der Waals surface area contributed by atoms with Crippen molar-refractivity contribution in [1.82, 2.24) is 10.2 Å². The zero-order valence-corrected chi connectivity index (χ0v) is 16.7. The average Bonchev–Trinajstić information content (AvgIpc) is 2.57. The van der Waals surface area contributed by atoms with Crippen LogP contribution in [0.25, 0.3) is 0 Å². The molecule has 0 aliphatic heterocycles. The van der Waals surface area contributed by atoms with E-state index in [1.54, 1.807) is 19.0 Å². The topological polar surface area (TPSA) is 168 Å². The van der Waals surface area contributed by atoms with Crippen LogP contribution >= 0.6 is 0 Å². The SMILES string of the molecule is CC(C)C[C@H](NC(=O)CNc1cc(CN(C)C)c([N+](=O)[O-])cc1[N+](=O)[O-])C(=O)O. The molecular formula is C17H25N5O7. The molecule has 0 heterocycles. The first-order chi connectivity index (χ1) is 13.4. The van der Waals surface area contributed by atoms with Gasteiger partial charge in [0.05, 0.1) is 22.5 Å². The van der Waals surface area contributed by atoms with E-state index in [0.29, 0.717) is 0 Å². The minimum Gasteiger partial charge on any atom is -0.480 e. The van der Waals surface area contributed by atoms with E-state index in [1.165, 1.54) is 6.07 Å². The summed E-state index contributed by atoms with van der Waals surface area (Å²) in [7, 11) is 3.37. The lowest BCUT2D eigenvalue weighted by Gasteiger charge is -2.17. The molecule has 12 nitrogen and oxygen atoms in total. The van der Waals surface area contributed by atoms with E-state index < -0.39 is 45.7 Å². The Labute approximate surface area is 167 Å². The maximum Gasteiger partial charge on any atom is 0.326 e. The molecule has 3 N–H and O–H groups in total. The highest BCUT2D eigenvalue weighted by molar-refractivity contribution is 5.86.